The lowest BCUT2D eigenvalue weighted by molar-refractivity contribution is -0.870. The normalized spacial score (nSPS) is 24.8. The molecule has 4 atom stereocenters. The van der Waals surface area contributed by atoms with Gasteiger partial charge >= 0.3 is 13.5 Å². The summed E-state index contributed by atoms with van der Waals surface area (Å²) < 4.78 is 21.5. The Morgan fingerprint density at radius 1 is 1.28 bits per heavy atom. The molecule has 0 bridgehead atoms. The maximum atomic E-state index is 11.5. The van der Waals surface area contributed by atoms with Crippen molar-refractivity contribution in [2.45, 2.75) is 31.0 Å². The molecule has 2 rings (SSSR count). The van der Waals surface area contributed by atoms with Gasteiger partial charge in [-0.1, -0.05) is 0 Å². The number of aliphatic hydroxyl groups is 3. The second kappa shape index (κ2) is 10.6. The maximum Gasteiger partial charge on any atom is 0.469 e. The molecule has 1 saturated heterocycles. The fourth-order valence-electron chi connectivity index (χ4n) is 2.34. The lowest BCUT2D eigenvalue weighted by Gasteiger charge is -2.23. The molecule has 7 N–H and O–H groups in total. The predicted molar refractivity (Wildman–Crippen MR) is 102 cm³/mol. The number of nitrogens with zero attached hydrogens (tertiary/aromatic N) is 3. The first-order chi connectivity index (χ1) is 13.2. The van der Waals surface area contributed by atoms with Gasteiger partial charge in [0.2, 0.25) is 0 Å². The fraction of sp³-hybridized carbons (Fsp3) is 0.733. The molecule has 1 aromatic rings. The van der Waals surface area contributed by atoms with Crippen molar-refractivity contribution in [3.8, 4) is 0 Å². The van der Waals surface area contributed by atoms with Gasteiger partial charge in [0.15, 0.2) is 0 Å². The minimum absolute atomic E-state index is 0.0286. The molecule has 0 spiro atoms. The van der Waals surface area contributed by atoms with Crippen molar-refractivity contribution in [2.24, 2.45) is 0 Å². The number of phosphoric acid groups is 1. The number of nitrogen functional groups attached to an aromatic ring is 1. The smallest absolute Gasteiger partial charge is 0.394 e. The Morgan fingerprint density at radius 2 is 1.86 bits per heavy atom. The summed E-state index contributed by atoms with van der Waals surface area (Å²) in [5.41, 5.74) is 4.79. The molecule has 29 heavy (non-hydrogen) atoms. The molecular weight excluding hydrogens is 411 g/mol. The Labute approximate surface area is 167 Å². The van der Waals surface area contributed by atoms with E-state index in [9.17, 15) is 19.6 Å². The van der Waals surface area contributed by atoms with Crippen LogP contribution in [-0.2, 0) is 20.4 Å². The Balaban J connectivity index is 0.000000331. The van der Waals surface area contributed by atoms with Gasteiger partial charge in [0, 0.05) is 6.20 Å². The number of aliphatic hydroxyl groups excluding tert-OH is 3. The van der Waals surface area contributed by atoms with Crippen molar-refractivity contribution in [2.75, 3.05) is 46.6 Å². The number of anilines is 1. The van der Waals surface area contributed by atoms with Gasteiger partial charge < -0.3 is 40.1 Å². The molecule has 0 radical (unpaired) electrons. The minimum atomic E-state index is -4.26. The van der Waals surface area contributed by atoms with E-state index in [1.807, 2.05) is 21.1 Å². The lowest BCUT2D eigenvalue weighted by atomic mass is 10.1. The van der Waals surface area contributed by atoms with Crippen LogP contribution in [0, 0.1) is 0 Å². The standard InChI is InChI=1S/C10H15N3O5.C5H14NO4P/c11-7-1-2-13(10(17)12-7)3-5-8(15)9(16)6(4-14)18-5;1-6(2,3)4-5-10-11(7,8)9/h1-2,5-6,8-9,14-16H,3-4H2,(H2,11,12,17);4-5H2,1-3H3,(H-,7,8,9)/p+1/t5-,6+,8-,9+;/m0./s1. The molecule has 1 aliphatic rings. The summed E-state index contributed by atoms with van der Waals surface area (Å²) in [5, 5.41) is 28.2. The van der Waals surface area contributed by atoms with Crippen molar-refractivity contribution in [1.29, 1.82) is 0 Å². The van der Waals surface area contributed by atoms with Gasteiger partial charge in [-0.15, -0.1) is 0 Å². The Bertz CT molecular complexity index is 748. The number of rotatable bonds is 7. The molecule has 1 fully saturated rings. The summed E-state index contributed by atoms with van der Waals surface area (Å²) in [6, 6.07) is 1.45. The van der Waals surface area contributed by atoms with Crippen LogP contribution in [0.25, 0.3) is 0 Å². The SMILES string of the molecule is C[N+](C)(C)CCOP(=O)(O)O.Nc1ccn(C[C@@H]2O[C@H](CO)[C@@H](O)[C@H]2O)c(=O)n1. The van der Waals surface area contributed by atoms with E-state index in [2.05, 4.69) is 9.51 Å². The van der Waals surface area contributed by atoms with Crippen LogP contribution in [0.5, 0.6) is 0 Å². The van der Waals surface area contributed by atoms with Gasteiger partial charge in [-0.25, -0.2) is 9.36 Å². The lowest BCUT2D eigenvalue weighted by Crippen LogP contribution is -2.37. The van der Waals surface area contributed by atoms with Gasteiger partial charge in [-0.05, 0) is 6.07 Å². The van der Waals surface area contributed by atoms with Crippen molar-refractivity contribution >= 4 is 13.6 Å². The Morgan fingerprint density at radius 3 is 2.31 bits per heavy atom. The second-order valence-electron chi connectivity index (χ2n) is 7.50. The quantitative estimate of drug-likeness (QED) is 0.188. The summed E-state index contributed by atoms with van der Waals surface area (Å²) in [5.74, 6) is 0.109. The predicted octanol–water partition coefficient (Wildman–Crippen LogP) is -2.89. The fourth-order valence-corrected chi connectivity index (χ4v) is 2.66. The molecule has 14 heteroatoms. The topological polar surface area (TPSA) is 198 Å². The van der Waals surface area contributed by atoms with Crippen LogP contribution in [0.4, 0.5) is 5.82 Å². The third-order valence-corrected chi connectivity index (χ3v) is 4.45. The highest BCUT2D eigenvalue weighted by molar-refractivity contribution is 7.46. The van der Waals surface area contributed by atoms with Crippen molar-refractivity contribution < 1.29 is 43.4 Å². The molecule has 2 heterocycles. The van der Waals surface area contributed by atoms with E-state index < -0.39 is 44.5 Å². The second-order valence-corrected chi connectivity index (χ2v) is 8.74. The van der Waals surface area contributed by atoms with E-state index in [0.717, 1.165) is 0 Å². The molecule has 0 saturated carbocycles. The van der Waals surface area contributed by atoms with Crippen LogP contribution in [0.1, 0.15) is 0 Å². The number of quaternary nitrogens is 1. The molecule has 0 aliphatic carbocycles. The van der Waals surface area contributed by atoms with Crippen LogP contribution in [-0.4, -0.2) is 104 Å². The van der Waals surface area contributed by atoms with Gasteiger partial charge in [0.25, 0.3) is 0 Å². The molecule has 1 aliphatic heterocycles. The number of hydrogen-bond acceptors (Lipinski definition) is 9. The van der Waals surface area contributed by atoms with Crippen molar-refractivity contribution in [3.05, 3.63) is 22.7 Å². The summed E-state index contributed by atoms with van der Waals surface area (Å²) in [7, 11) is 1.50. The van der Waals surface area contributed by atoms with E-state index in [1.165, 1.54) is 16.8 Å². The number of phosphoric ester groups is 1. The van der Waals surface area contributed by atoms with Gasteiger partial charge in [0.05, 0.1) is 34.3 Å². The third-order valence-electron chi connectivity index (χ3n) is 3.94. The first-order valence-corrected chi connectivity index (χ1v) is 10.2. The van der Waals surface area contributed by atoms with E-state index in [-0.39, 0.29) is 19.0 Å². The zero-order valence-corrected chi connectivity index (χ0v) is 17.4. The van der Waals surface area contributed by atoms with Gasteiger partial charge in [-0.2, -0.15) is 4.98 Å². The Kier molecular flexibility index (Phi) is 9.34. The largest absolute Gasteiger partial charge is 0.469 e. The number of ether oxygens (including phenoxy) is 1. The van der Waals surface area contributed by atoms with E-state index in [0.29, 0.717) is 11.0 Å². The third kappa shape index (κ3) is 9.30. The number of nitrogens with two attached hydrogens (primary N) is 1. The van der Waals surface area contributed by atoms with Crippen molar-refractivity contribution in [1.82, 2.24) is 9.55 Å². The zero-order chi connectivity index (χ0) is 22.4. The van der Waals surface area contributed by atoms with Crippen LogP contribution in [0.2, 0.25) is 0 Å². The Hall–Kier alpha value is -1.41. The first kappa shape index (κ1) is 25.6. The molecule has 0 unspecified atom stereocenters. The number of hydrogen-bond donors (Lipinski definition) is 6. The van der Waals surface area contributed by atoms with Crippen LogP contribution in [0.3, 0.4) is 0 Å². The molecule has 0 aromatic carbocycles. The van der Waals surface area contributed by atoms with Crippen LogP contribution >= 0.6 is 7.82 Å². The molecular formula is C15H30N4O9P+. The highest BCUT2D eigenvalue weighted by atomic mass is 31.2. The van der Waals surface area contributed by atoms with Gasteiger partial charge in [0.1, 0.15) is 43.4 Å². The minimum Gasteiger partial charge on any atom is -0.394 e. The summed E-state index contributed by atoms with van der Waals surface area (Å²) in [6.07, 6.45) is -2.52. The average molecular weight is 441 g/mol. The van der Waals surface area contributed by atoms with E-state index in [1.54, 1.807) is 0 Å². The highest BCUT2D eigenvalue weighted by Crippen LogP contribution is 2.35. The summed E-state index contributed by atoms with van der Waals surface area (Å²) in [6.45, 7) is 0.281. The molecule has 168 valence electrons. The molecule has 0 amide bonds. The number of likely N-dealkylation sites (N-methyl/N-ethyl adjacent to an activating group) is 1. The maximum absolute atomic E-state index is 11.5. The highest BCUT2D eigenvalue weighted by Gasteiger charge is 2.42. The summed E-state index contributed by atoms with van der Waals surface area (Å²) >= 11 is 0. The van der Waals surface area contributed by atoms with Gasteiger partial charge in [-0.3, -0.25) is 9.09 Å². The van der Waals surface area contributed by atoms with E-state index >= 15 is 0 Å². The summed E-state index contributed by atoms with van der Waals surface area (Å²) in [4.78, 5) is 31.6. The first-order valence-electron chi connectivity index (χ1n) is 8.69. The zero-order valence-electron chi connectivity index (χ0n) is 16.5. The average Bonchev–Trinajstić information content (AvgIpc) is 2.83. The molecule has 1 aromatic heterocycles. The molecule has 13 nitrogen and oxygen atoms in total. The van der Waals surface area contributed by atoms with Crippen LogP contribution < -0.4 is 11.4 Å². The monoisotopic (exact) mass is 441 g/mol. The van der Waals surface area contributed by atoms with E-state index in [4.69, 9.17) is 25.4 Å². The number of aromatic nitrogens is 2. The van der Waals surface area contributed by atoms with Crippen molar-refractivity contribution in [3.63, 3.8) is 0 Å². The van der Waals surface area contributed by atoms with Crippen LogP contribution in [0.15, 0.2) is 17.1 Å².